The fourth-order valence-corrected chi connectivity index (χ4v) is 1.06. The molecule has 1 aromatic carbocycles. The molecule has 0 fully saturated rings. The second-order valence-corrected chi connectivity index (χ2v) is 2.84. The van der Waals surface area contributed by atoms with Crippen molar-refractivity contribution in [3.63, 3.8) is 0 Å². The molecule has 0 saturated heterocycles. The Bertz CT molecular complexity index is 469. The molecule has 16 heavy (non-hydrogen) atoms. The Labute approximate surface area is 92.8 Å². The smallest absolute Gasteiger partial charge is 0.211 e. The van der Waals surface area contributed by atoms with E-state index in [-0.39, 0.29) is 5.96 Å². The molecule has 4 N–H and O–H groups in total. The van der Waals surface area contributed by atoms with Crippen molar-refractivity contribution in [2.75, 3.05) is 7.11 Å². The van der Waals surface area contributed by atoms with Crippen LogP contribution in [-0.2, 0) is 0 Å². The summed E-state index contributed by atoms with van der Waals surface area (Å²) in [6.45, 7) is 0. The average Bonchev–Trinajstić information content (AvgIpc) is 2.28. The lowest BCUT2D eigenvalue weighted by Crippen LogP contribution is -2.21. The fraction of sp³-hybridized carbons (Fsp3) is 0.100. The molecular formula is C10H11N5O. The number of nitriles is 1. The van der Waals surface area contributed by atoms with Gasteiger partial charge in [0.2, 0.25) is 5.96 Å². The Hall–Kier alpha value is -2.55. The third-order valence-corrected chi connectivity index (χ3v) is 1.72. The number of hydrogen-bond donors (Lipinski definition) is 2. The van der Waals surface area contributed by atoms with Crippen LogP contribution in [0.3, 0.4) is 0 Å². The maximum Gasteiger partial charge on any atom is 0.211 e. The molecule has 0 spiro atoms. The van der Waals surface area contributed by atoms with E-state index in [4.69, 9.17) is 21.5 Å². The minimum absolute atomic E-state index is 0.120. The van der Waals surface area contributed by atoms with Gasteiger partial charge in [0.1, 0.15) is 11.8 Å². The van der Waals surface area contributed by atoms with Crippen LogP contribution in [0.2, 0.25) is 0 Å². The maximum absolute atomic E-state index is 8.85. The van der Waals surface area contributed by atoms with Crippen LogP contribution in [0.5, 0.6) is 5.75 Å². The molecule has 6 heteroatoms. The summed E-state index contributed by atoms with van der Waals surface area (Å²) in [6.07, 6.45) is 1.44. The summed E-state index contributed by atoms with van der Waals surface area (Å²) in [4.78, 5) is 0. The third-order valence-electron chi connectivity index (χ3n) is 1.72. The Kier molecular flexibility index (Phi) is 3.86. The van der Waals surface area contributed by atoms with Crippen LogP contribution in [0.1, 0.15) is 11.1 Å². The van der Waals surface area contributed by atoms with E-state index in [1.54, 1.807) is 18.2 Å². The molecule has 0 radical (unpaired) electrons. The predicted octanol–water partition coefficient (Wildman–Crippen LogP) is 0.174. The summed E-state index contributed by atoms with van der Waals surface area (Å²) >= 11 is 0. The highest BCUT2D eigenvalue weighted by Crippen LogP contribution is 2.17. The lowest BCUT2D eigenvalue weighted by atomic mass is 10.1. The highest BCUT2D eigenvalue weighted by molar-refractivity contribution is 5.82. The molecule has 0 saturated carbocycles. The number of benzene rings is 1. The highest BCUT2D eigenvalue weighted by Gasteiger charge is 2.01. The van der Waals surface area contributed by atoms with Crippen LogP contribution in [0.4, 0.5) is 0 Å². The van der Waals surface area contributed by atoms with Crippen LogP contribution in [0.15, 0.2) is 28.4 Å². The van der Waals surface area contributed by atoms with E-state index in [0.29, 0.717) is 16.9 Å². The lowest BCUT2D eigenvalue weighted by Gasteiger charge is -2.01. The minimum Gasteiger partial charge on any atom is -0.495 e. The van der Waals surface area contributed by atoms with E-state index in [1.807, 2.05) is 6.07 Å². The molecule has 0 amide bonds. The first kappa shape index (κ1) is 11.5. The van der Waals surface area contributed by atoms with Crippen molar-refractivity contribution in [2.24, 2.45) is 21.7 Å². The van der Waals surface area contributed by atoms with Gasteiger partial charge in [0.15, 0.2) is 0 Å². The number of rotatable bonds is 3. The van der Waals surface area contributed by atoms with Crippen molar-refractivity contribution in [1.29, 1.82) is 5.26 Å². The summed E-state index contributed by atoms with van der Waals surface area (Å²) in [5.74, 6) is 0.395. The number of hydrogen-bond acceptors (Lipinski definition) is 4. The zero-order chi connectivity index (χ0) is 12.0. The standard InChI is InChI=1S/C10H11N5O/c1-16-9-3-2-7(4-8(9)5-11)6-14-15-10(12)13/h2-4,6H,1H3,(H4,12,13,15). The van der Waals surface area contributed by atoms with Gasteiger partial charge in [-0.1, -0.05) is 0 Å². The summed E-state index contributed by atoms with van der Waals surface area (Å²) in [6, 6.07) is 7.06. The molecule has 0 aromatic heterocycles. The number of guanidine groups is 1. The molecule has 0 heterocycles. The first-order valence-electron chi connectivity index (χ1n) is 4.37. The van der Waals surface area contributed by atoms with Crippen molar-refractivity contribution >= 4 is 12.2 Å². The molecule has 1 rings (SSSR count). The van der Waals surface area contributed by atoms with E-state index in [0.717, 1.165) is 0 Å². The fourth-order valence-electron chi connectivity index (χ4n) is 1.06. The van der Waals surface area contributed by atoms with E-state index >= 15 is 0 Å². The van der Waals surface area contributed by atoms with Gasteiger partial charge >= 0.3 is 0 Å². The van der Waals surface area contributed by atoms with Gasteiger partial charge in [0.05, 0.1) is 18.9 Å². The van der Waals surface area contributed by atoms with E-state index in [1.165, 1.54) is 13.3 Å². The zero-order valence-corrected chi connectivity index (χ0v) is 8.71. The topological polar surface area (TPSA) is 110 Å². The Morgan fingerprint density at radius 3 is 2.81 bits per heavy atom. The second-order valence-electron chi connectivity index (χ2n) is 2.84. The molecule has 0 bridgehead atoms. The highest BCUT2D eigenvalue weighted by atomic mass is 16.5. The van der Waals surface area contributed by atoms with Crippen LogP contribution < -0.4 is 16.2 Å². The van der Waals surface area contributed by atoms with Crippen molar-refractivity contribution in [2.45, 2.75) is 0 Å². The van der Waals surface area contributed by atoms with E-state index in [9.17, 15) is 0 Å². The molecule has 0 unspecified atom stereocenters. The minimum atomic E-state index is -0.120. The SMILES string of the molecule is COc1ccc(C=NN=C(N)N)cc1C#N. The van der Waals surface area contributed by atoms with Crippen LogP contribution >= 0.6 is 0 Å². The predicted molar refractivity (Wildman–Crippen MR) is 61.1 cm³/mol. The van der Waals surface area contributed by atoms with Gasteiger partial charge in [-0.2, -0.15) is 10.4 Å². The molecule has 0 atom stereocenters. The lowest BCUT2D eigenvalue weighted by molar-refractivity contribution is 0.413. The van der Waals surface area contributed by atoms with Crippen molar-refractivity contribution < 1.29 is 4.74 Å². The third kappa shape index (κ3) is 2.99. The monoisotopic (exact) mass is 217 g/mol. The average molecular weight is 217 g/mol. The summed E-state index contributed by atoms with van der Waals surface area (Å²) in [5.41, 5.74) is 11.3. The Morgan fingerprint density at radius 2 is 2.25 bits per heavy atom. The molecule has 82 valence electrons. The molecule has 0 aliphatic carbocycles. The number of nitrogens with zero attached hydrogens (tertiary/aromatic N) is 3. The molecule has 6 nitrogen and oxygen atoms in total. The van der Waals surface area contributed by atoms with Gasteiger partial charge in [-0.05, 0) is 23.8 Å². The Balaban J connectivity index is 2.97. The van der Waals surface area contributed by atoms with Crippen molar-refractivity contribution in [3.05, 3.63) is 29.3 Å². The first-order valence-corrected chi connectivity index (χ1v) is 4.37. The van der Waals surface area contributed by atoms with Gasteiger partial charge in [-0.3, -0.25) is 0 Å². The van der Waals surface area contributed by atoms with Gasteiger partial charge in [-0.15, -0.1) is 5.10 Å². The van der Waals surface area contributed by atoms with Crippen LogP contribution in [-0.4, -0.2) is 19.3 Å². The van der Waals surface area contributed by atoms with Crippen molar-refractivity contribution in [3.8, 4) is 11.8 Å². The quantitative estimate of drug-likeness (QED) is 0.427. The van der Waals surface area contributed by atoms with Gasteiger partial charge in [0, 0.05) is 0 Å². The van der Waals surface area contributed by atoms with E-state index in [2.05, 4.69) is 10.2 Å². The Morgan fingerprint density at radius 1 is 1.50 bits per heavy atom. The molecule has 0 aliphatic rings. The molecular weight excluding hydrogens is 206 g/mol. The van der Waals surface area contributed by atoms with Gasteiger partial charge in [-0.25, -0.2) is 0 Å². The van der Waals surface area contributed by atoms with Gasteiger partial charge < -0.3 is 16.2 Å². The van der Waals surface area contributed by atoms with E-state index < -0.39 is 0 Å². The largest absolute Gasteiger partial charge is 0.495 e. The normalized spacial score (nSPS) is 9.75. The van der Waals surface area contributed by atoms with Gasteiger partial charge in [0.25, 0.3) is 0 Å². The van der Waals surface area contributed by atoms with Crippen LogP contribution in [0.25, 0.3) is 0 Å². The van der Waals surface area contributed by atoms with Crippen molar-refractivity contribution in [1.82, 2.24) is 0 Å². The molecule has 0 aliphatic heterocycles. The number of nitrogens with two attached hydrogens (primary N) is 2. The number of methoxy groups -OCH3 is 1. The zero-order valence-electron chi connectivity index (χ0n) is 8.71. The summed E-state index contributed by atoms with van der Waals surface area (Å²) in [7, 11) is 1.50. The summed E-state index contributed by atoms with van der Waals surface area (Å²) in [5, 5.41) is 15.9. The summed E-state index contributed by atoms with van der Waals surface area (Å²) < 4.78 is 5.00. The molecule has 1 aromatic rings. The maximum atomic E-state index is 8.85. The van der Waals surface area contributed by atoms with Crippen LogP contribution in [0, 0.1) is 11.3 Å². The second kappa shape index (κ2) is 5.36. The first-order chi connectivity index (χ1) is 7.67. The number of ether oxygens (including phenoxy) is 1.